The molecule has 1 aromatic carbocycles. The number of pyridine rings is 1. The first-order valence-electron chi connectivity index (χ1n) is 5.92. The minimum atomic E-state index is -3.71. The highest BCUT2D eigenvalue weighted by Gasteiger charge is 2.15. The van der Waals surface area contributed by atoms with Crippen LogP contribution in [0.15, 0.2) is 58.2 Å². The van der Waals surface area contributed by atoms with E-state index in [0.29, 0.717) is 5.69 Å². The smallest absolute Gasteiger partial charge is 0.241 e. The van der Waals surface area contributed by atoms with Crippen LogP contribution in [0.3, 0.4) is 0 Å². The average Bonchev–Trinajstić information content (AvgIpc) is 2.47. The van der Waals surface area contributed by atoms with Crippen LogP contribution in [-0.4, -0.2) is 25.9 Å². The summed E-state index contributed by atoms with van der Waals surface area (Å²) >= 11 is 3.23. The van der Waals surface area contributed by atoms with Gasteiger partial charge in [-0.05, 0) is 36.4 Å². The van der Waals surface area contributed by atoms with Crippen LogP contribution in [0.5, 0.6) is 0 Å². The number of nitrogens with one attached hydrogen (secondary N) is 2. The van der Waals surface area contributed by atoms with E-state index in [2.05, 4.69) is 31.0 Å². The Balaban J connectivity index is 1.95. The molecule has 0 unspecified atom stereocenters. The number of benzene rings is 1. The Morgan fingerprint density at radius 3 is 2.52 bits per heavy atom. The monoisotopic (exact) mass is 369 g/mol. The van der Waals surface area contributed by atoms with Gasteiger partial charge in [-0.3, -0.25) is 9.78 Å². The Labute approximate surface area is 130 Å². The average molecular weight is 370 g/mol. The van der Waals surface area contributed by atoms with Crippen molar-refractivity contribution in [3.05, 3.63) is 53.3 Å². The van der Waals surface area contributed by atoms with Gasteiger partial charge in [0.15, 0.2) is 0 Å². The topological polar surface area (TPSA) is 88.2 Å². The molecule has 0 saturated carbocycles. The van der Waals surface area contributed by atoms with Crippen LogP contribution >= 0.6 is 15.9 Å². The molecule has 1 aromatic heterocycles. The number of amides is 1. The molecule has 1 amide bonds. The summed E-state index contributed by atoms with van der Waals surface area (Å²) in [6.07, 6.45) is 3.05. The molecule has 0 spiro atoms. The number of carbonyl (C=O) groups excluding carboxylic acids is 1. The third-order valence-corrected chi connectivity index (χ3v) is 4.44. The molecule has 2 N–H and O–H groups in total. The standard InChI is InChI=1S/C13H12BrN3O3S/c14-10-3-5-12(6-4-10)21(19,20)16-9-13(18)17-11-2-1-7-15-8-11/h1-8,16H,9H2,(H,17,18). The number of sulfonamides is 1. The Morgan fingerprint density at radius 2 is 1.90 bits per heavy atom. The van der Waals surface area contributed by atoms with E-state index in [-0.39, 0.29) is 11.4 Å². The maximum atomic E-state index is 12.0. The van der Waals surface area contributed by atoms with Gasteiger partial charge in [0.1, 0.15) is 0 Å². The van der Waals surface area contributed by atoms with E-state index >= 15 is 0 Å². The van der Waals surface area contributed by atoms with Gasteiger partial charge in [-0.25, -0.2) is 13.1 Å². The lowest BCUT2D eigenvalue weighted by molar-refractivity contribution is -0.115. The van der Waals surface area contributed by atoms with Gasteiger partial charge in [0.05, 0.1) is 23.3 Å². The fourth-order valence-electron chi connectivity index (χ4n) is 1.50. The van der Waals surface area contributed by atoms with Crippen LogP contribution < -0.4 is 10.0 Å². The Hall–Kier alpha value is -1.77. The van der Waals surface area contributed by atoms with Crippen molar-refractivity contribution in [1.82, 2.24) is 9.71 Å². The van der Waals surface area contributed by atoms with E-state index in [4.69, 9.17) is 0 Å². The number of carbonyl (C=O) groups is 1. The van der Waals surface area contributed by atoms with Crippen molar-refractivity contribution >= 4 is 37.5 Å². The molecule has 2 rings (SSSR count). The van der Waals surface area contributed by atoms with Crippen molar-refractivity contribution in [2.75, 3.05) is 11.9 Å². The SMILES string of the molecule is O=C(CNS(=O)(=O)c1ccc(Br)cc1)Nc1cccnc1. The van der Waals surface area contributed by atoms with Gasteiger partial charge in [-0.2, -0.15) is 0 Å². The molecule has 0 aliphatic carbocycles. The predicted octanol–water partition coefficient (Wildman–Crippen LogP) is 1.76. The predicted molar refractivity (Wildman–Crippen MR) is 82.2 cm³/mol. The normalized spacial score (nSPS) is 11.1. The van der Waals surface area contributed by atoms with E-state index < -0.39 is 15.9 Å². The van der Waals surface area contributed by atoms with Gasteiger partial charge in [0.2, 0.25) is 15.9 Å². The maximum Gasteiger partial charge on any atom is 0.241 e. The van der Waals surface area contributed by atoms with E-state index in [1.807, 2.05) is 0 Å². The van der Waals surface area contributed by atoms with Crippen LogP contribution in [0.25, 0.3) is 0 Å². The number of hydrogen-bond donors (Lipinski definition) is 2. The summed E-state index contributed by atoms with van der Waals surface area (Å²) in [5.41, 5.74) is 0.505. The van der Waals surface area contributed by atoms with Crippen molar-refractivity contribution in [1.29, 1.82) is 0 Å². The second kappa shape index (κ2) is 6.79. The van der Waals surface area contributed by atoms with Crippen LogP contribution in [0.1, 0.15) is 0 Å². The molecule has 0 bridgehead atoms. The number of halogens is 1. The molecule has 1 heterocycles. The molecule has 8 heteroatoms. The molecule has 0 fully saturated rings. The number of anilines is 1. The number of aromatic nitrogens is 1. The number of nitrogens with zero attached hydrogens (tertiary/aromatic N) is 1. The Kier molecular flexibility index (Phi) is 5.05. The van der Waals surface area contributed by atoms with Crippen molar-refractivity contribution in [2.24, 2.45) is 0 Å². The Morgan fingerprint density at radius 1 is 1.19 bits per heavy atom. The molecule has 0 radical (unpaired) electrons. The van der Waals surface area contributed by atoms with Crippen LogP contribution in [-0.2, 0) is 14.8 Å². The van der Waals surface area contributed by atoms with Crippen molar-refractivity contribution in [3.63, 3.8) is 0 Å². The Bertz CT molecular complexity index is 718. The van der Waals surface area contributed by atoms with E-state index in [1.54, 1.807) is 30.5 Å². The first-order valence-corrected chi connectivity index (χ1v) is 8.20. The first-order chi connectivity index (χ1) is 9.97. The summed E-state index contributed by atoms with van der Waals surface area (Å²) in [5.74, 6) is -0.469. The first kappa shape index (κ1) is 15.6. The zero-order valence-electron chi connectivity index (χ0n) is 10.8. The molecular weight excluding hydrogens is 358 g/mol. The van der Waals surface area contributed by atoms with E-state index in [1.165, 1.54) is 18.3 Å². The molecule has 110 valence electrons. The van der Waals surface area contributed by atoms with Gasteiger partial charge in [-0.1, -0.05) is 15.9 Å². The molecular formula is C13H12BrN3O3S. The van der Waals surface area contributed by atoms with Gasteiger partial charge in [-0.15, -0.1) is 0 Å². The highest BCUT2D eigenvalue weighted by molar-refractivity contribution is 9.10. The van der Waals surface area contributed by atoms with Gasteiger partial charge >= 0.3 is 0 Å². The van der Waals surface area contributed by atoms with Gasteiger partial charge in [0.25, 0.3) is 0 Å². The quantitative estimate of drug-likeness (QED) is 0.840. The maximum absolute atomic E-state index is 12.0. The third kappa shape index (κ3) is 4.62. The lowest BCUT2D eigenvalue weighted by Crippen LogP contribution is -2.32. The highest BCUT2D eigenvalue weighted by atomic mass is 79.9. The van der Waals surface area contributed by atoms with Crippen molar-refractivity contribution in [3.8, 4) is 0 Å². The second-order valence-electron chi connectivity index (χ2n) is 4.07. The zero-order valence-corrected chi connectivity index (χ0v) is 13.2. The fraction of sp³-hybridized carbons (Fsp3) is 0.0769. The summed E-state index contributed by atoms with van der Waals surface area (Å²) in [6, 6.07) is 9.46. The van der Waals surface area contributed by atoms with Gasteiger partial charge in [0, 0.05) is 10.7 Å². The lowest BCUT2D eigenvalue weighted by Gasteiger charge is -2.07. The molecule has 0 aliphatic heterocycles. The summed E-state index contributed by atoms with van der Waals surface area (Å²) in [7, 11) is -3.71. The molecule has 6 nitrogen and oxygen atoms in total. The highest BCUT2D eigenvalue weighted by Crippen LogP contribution is 2.14. The van der Waals surface area contributed by atoms with Crippen LogP contribution in [0, 0.1) is 0 Å². The van der Waals surface area contributed by atoms with Crippen LogP contribution in [0.2, 0.25) is 0 Å². The summed E-state index contributed by atoms with van der Waals surface area (Å²) in [5, 5.41) is 2.54. The molecule has 0 atom stereocenters. The number of hydrogen-bond acceptors (Lipinski definition) is 4. The second-order valence-corrected chi connectivity index (χ2v) is 6.75. The minimum absolute atomic E-state index is 0.0971. The fourth-order valence-corrected chi connectivity index (χ4v) is 2.75. The summed E-state index contributed by atoms with van der Waals surface area (Å²) < 4.78 is 27.0. The zero-order chi connectivity index (χ0) is 15.3. The lowest BCUT2D eigenvalue weighted by atomic mass is 10.4. The summed E-state index contributed by atoms with van der Waals surface area (Å²) in [4.78, 5) is 15.6. The molecule has 0 saturated heterocycles. The molecule has 2 aromatic rings. The number of rotatable bonds is 5. The van der Waals surface area contributed by atoms with Gasteiger partial charge < -0.3 is 5.32 Å². The van der Waals surface area contributed by atoms with Crippen LogP contribution in [0.4, 0.5) is 5.69 Å². The largest absolute Gasteiger partial charge is 0.324 e. The van der Waals surface area contributed by atoms with Crippen molar-refractivity contribution in [2.45, 2.75) is 4.90 Å². The van der Waals surface area contributed by atoms with E-state index in [0.717, 1.165) is 4.47 Å². The van der Waals surface area contributed by atoms with Crippen molar-refractivity contribution < 1.29 is 13.2 Å². The third-order valence-electron chi connectivity index (χ3n) is 2.49. The molecule has 21 heavy (non-hydrogen) atoms. The molecule has 0 aliphatic rings. The summed E-state index contributed by atoms with van der Waals surface area (Å²) in [6.45, 7) is -0.354. The van der Waals surface area contributed by atoms with E-state index in [9.17, 15) is 13.2 Å². The minimum Gasteiger partial charge on any atom is -0.324 e.